The van der Waals surface area contributed by atoms with E-state index in [9.17, 15) is 4.79 Å². The first-order valence-corrected chi connectivity index (χ1v) is 7.38. The van der Waals surface area contributed by atoms with Crippen molar-refractivity contribution in [2.45, 2.75) is 26.4 Å². The number of nitrogens with one attached hydrogen (secondary N) is 1. The lowest BCUT2D eigenvalue weighted by Crippen LogP contribution is -2.27. The molecule has 0 aliphatic rings. The minimum absolute atomic E-state index is 0.418. The Balaban J connectivity index is 2.12. The van der Waals surface area contributed by atoms with Crippen LogP contribution in [-0.4, -0.2) is 11.7 Å². The van der Waals surface area contributed by atoms with E-state index >= 15 is 0 Å². The molecule has 0 radical (unpaired) electrons. The molecule has 0 unspecified atom stereocenters. The Kier molecular flexibility index (Phi) is 3.73. The summed E-state index contributed by atoms with van der Waals surface area (Å²) in [6.07, 6.45) is -0.418. The van der Waals surface area contributed by atoms with Gasteiger partial charge in [0, 0.05) is 21.2 Å². The lowest BCUT2D eigenvalue weighted by atomic mass is 10.2. The zero-order valence-corrected chi connectivity index (χ0v) is 12.2. The molecule has 0 saturated heterocycles. The third-order valence-electron chi connectivity index (χ3n) is 2.08. The molecule has 0 aromatic carbocycles. The monoisotopic (exact) mass is 281 g/mol. The van der Waals surface area contributed by atoms with Crippen LogP contribution in [0.2, 0.25) is 0 Å². The van der Waals surface area contributed by atoms with Crippen LogP contribution in [0.3, 0.4) is 0 Å². The zero-order valence-electron chi connectivity index (χ0n) is 10.5. The van der Waals surface area contributed by atoms with Crippen molar-refractivity contribution in [2.24, 2.45) is 0 Å². The highest BCUT2D eigenvalue weighted by molar-refractivity contribution is 7.14. The van der Waals surface area contributed by atoms with Crippen molar-refractivity contribution >= 4 is 34.5 Å². The fourth-order valence-corrected chi connectivity index (χ4v) is 3.04. The highest BCUT2D eigenvalue weighted by Gasteiger charge is 2.18. The lowest BCUT2D eigenvalue weighted by Gasteiger charge is -2.19. The summed E-state index contributed by atoms with van der Waals surface area (Å²) in [4.78, 5) is 12.9. The number of carbonyl (C=O) groups is 1. The Bertz CT molecular complexity index is 523. The Morgan fingerprint density at radius 1 is 1.33 bits per heavy atom. The second-order valence-electron chi connectivity index (χ2n) is 4.80. The summed E-state index contributed by atoms with van der Waals surface area (Å²) in [5, 5.41) is 8.75. The molecule has 5 heteroatoms. The molecule has 0 fully saturated rings. The van der Waals surface area contributed by atoms with E-state index in [2.05, 4.69) is 5.32 Å². The molecular weight excluding hydrogens is 266 g/mol. The van der Waals surface area contributed by atoms with Crippen LogP contribution in [0.15, 0.2) is 28.3 Å². The van der Waals surface area contributed by atoms with Crippen LogP contribution in [0.25, 0.3) is 10.4 Å². The molecule has 2 heterocycles. The van der Waals surface area contributed by atoms with Gasteiger partial charge < -0.3 is 4.74 Å². The predicted octanol–water partition coefficient (Wildman–Crippen LogP) is 4.82. The molecule has 1 N–H and O–H groups in total. The SMILES string of the molecule is CC(C)(C)OC(=O)Nc1cscc1-c1cccs1. The van der Waals surface area contributed by atoms with Crippen molar-refractivity contribution in [1.82, 2.24) is 0 Å². The average Bonchev–Trinajstić information content (AvgIpc) is 2.82. The van der Waals surface area contributed by atoms with Crippen LogP contribution in [0, 0.1) is 0 Å². The number of ether oxygens (including phenoxy) is 1. The largest absolute Gasteiger partial charge is 0.444 e. The standard InChI is InChI=1S/C13H15NO2S2/c1-13(2,3)16-12(15)14-10-8-17-7-9(10)11-5-4-6-18-11/h4-8H,1-3H3,(H,14,15). The van der Waals surface area contributed by atoms with Crippen molar-refractivity contribution in [3.05, 3.63) is 28.3 Å². The summed E-state index contributed by atoms with van der Waals surface area (Å²) in [7, 11) is 0. The maximum Gasteiger partial charge on any atom is 0.412 e. The molecule has 96 valence electrons. The summed E-state index contributed by atoms with van der Waals surface area (Å²) >= 11 is 3.21. The number of amides is 1. The van der Waals surface area contributed by atoms with Crippen LogP contribution in [0.4, 0.5) is 10.5 Å². The van der Waals surface area contributed by atoms with Gasteiger partial charge in [0.15, 0.2) is 0 Å². The van der Waals surface area contributed by atoms with Crippen molar-refractivity contribution in [3.63, 3.8) is 0 Å². The number of hydrogen-bond donors (Lipinski definition) is 1. The van der Waals surface area contributed by atoms with E-state index in [1.54, 1.807) is 22.7 Å². The Morgan fingerprint density at radius 3 is 2.72 bits per heavy atom. The van der Waals surface area contributed by atoms with Crippen LogP contribution in [0.1, 0.15) is 20.8 Å². The third kappa shape index (κ3) is 3.34. The fraction of sp³-hybridized carbons (Fsp3) is 0.308. The molecule has 3 nitrogen and oxygen atoms in total. The van der Waals surface area contributed by atoms with Gasteiger partial charge in [0.25, 0.3) is 0 Å². The summed E-state index contributed by atoms with van der Waals surface area (Å²) in [5.74, 6) is 0. The number of rotatable bonds is 2. The first-order valence-electron chi connectivity index (χ1n) is 5.56. The van der Waals surface area contributed by atoms with Gasteiger partial charge >= 0.3 is 6.09 Å². The Labute approximate surface area is 114 Å². The summed E-state index contributed by atoms with van der Waals surface area (Å²) < 4.78 is 5.24. The summed E-state index contributed by atoms with van der Waals surface area (Å²) in [6, 6.07) is 4.03. The summed E-state index contributed by atoms with van der Waals surface area (Å²) in [5.41, 5.74) is 1.36. The van der Waals surface area contributed by atoms with E-state index in [1.165, 1.54) is 0 Å². The van der Waals surface area contributed by atoms with E-state index in [-0.39, 0.29) is 0 Å². The maximum absolute atomic E-state index is 11.7. The number of carbonyl (C=O) groups excluding carboxylic acids is 1. The number of thiophene rings is 2. The minimum atomic E-state index is -0.483. The molecule has 0 aliphatic carbocycles. The molecule has 2 aromatic heterocycles. The lowest BCUT2D eigenvalue weighted by molar-refractivity contribution is 0.0636. The van der Waals surface area contributed by atoms with Crippen molar-refractivity contribution < 1.29 is 9.53 Å². The molecule has 2 aromatic rings. The highest BCUT2D eigenvalue weighted by Crippen LogP contribution is 2.34. The van der Waals surface area contributed by atoms with Gasteiger partial charge in [-0.15, -0.1) is 22.7 Å². The Hall–Kier alpha value is -1.33. The predicted molar refractivity (Wildman–Crippen MR) is 77.5 cm³/mol. The van der Waals surface area contributed by atoms with Crippen LogP contribution in [-0.2, 0) is 4.74 Å². The summed E-state index contributed by atoms with van der Waals surface area (Å²) in [6.45, 7) is 5.54. The second-order valence-corrected chi connectivity index (χ2v) is 6.49. The third-order valence-corrected chi connectivity index (χ3v) is 3.73. The Morgan fingerprint density at radius 2 is 2.11 bits per heavy atom. The number of anilines is 1. The van der Waals surface area contributed by atoms with E-state index in [4.69, 9.17) is 4.74 Å². The van der Waals surface area contributed by atoms with Crippen LogP contribution in [0.5, 0.6) is 0 Å². The van der Waals surface area contributed by atoms with E-state index in [0.29, 0.717) is 0 Å². The average molecular weight is 281 g/mol. The normalized spacial score (nSPS) is 11.3. The molecule has 0 bridgehead atoms. The molecule has 18 heavy (non-hydrogen) atoms. The zero-order chi connectivity index (χ0) is 13.2. The molecule has 0 spiro atoms. The molecule has 0 atom stereocenters. The quantitative estimate of drug-likeness (QED) is 0.856. The van der Waals surface area contributed by atoms with Crippen molar-refractivity contribution in [2.75, 3.05) is 5.32 Å². The van der Waals surface area contributed by atoms with Gasteiger partial charge in [-0.3, -0.25) is 5.32 Å². The van der Waals surface area contributed by atoms with Gasteiger partial charge in [0.1, 0.15) is 5.60 Å². The van der Waals surface area contributed by atoms with Gasteiger partial charge in [-0.1, -0.05) is 6.07 Å². The number of hydrogen-bond acceptors (Lipinski definition) is 4. The second kappa shape index (κ2) is 5.12. The van der Waals surface area contributed by atoms with E-state index in [1.807, 2.05) is 49.0 Å². The van der Waals surface area contributed by atoms with Gasteiger partial charge in [-0.25, -0.2) is 4.79 Å². The van der Waals surface area contributed by atoms with E-state index < -0.39 is 11.7 Å². The smallest absolute Gasteiger partial charge is 0.412 e. The van der Waals surface area contributed by atoms with Crippen LogP contribution >= 0.6 is 22.7 Å². The van der Waals surface area contributed by atoms with Gasteiger partial charge in [0.2, 0.25) is 0 Å². The van der Waals surface area contributed by atoms with Crippen molar-refractivity contribution in [1.29, 1.82) is 0 Å². The van der Waals surface area contributed by atoms with Gasteiger partial charge in [-0.05, 0) is 32.2 Å². The first kappa shape index (κ1) is 13.1. The maximum atomic E-state index is 11.7. The fourth-order valence-electron chi connectivity index (χ4n) is 1.43. The molecule has 0 aliphatic heterocycles. The molecule has 0 saturated carbocycles. The minimum Gasteiger partial charge on any atom is -0.444 e. The highest BCUT2D eigenvalue weighted by atomic mass is 32.1. The molecule has 2 rings (SSSR count). The molecular formula is C13H15NO2S2. The van der Waals surface area contributed by atoms with Crippen molar-refractivity contribution in [3.8, 4) is 10.4 Å². The topological polar surface area (TPSA) is 38.3 Å². The van der Waals surface area contributed by atoms with Crippen LogP contribution < -0.4 is 5.32 Å². The van der Waals surface area contributed by atoms with Gasteiger partial charge in [0.05, 0.1) is 5.69 Å². The first-order chi connectivity index (χ1) is 8.46. The van der Waals surface area contributed by atoms with E-state index in [0.717, 1.165) is 16.1 Å². The molecule has 1 amide bonds. The van der Waals surface area contributed by atoms with Gasteiger partial charge in [-0.2, -0.15) is 0 Å².